The molecule has 0 aliphatic carbocycles. The van der Waals surface area contributed by atoms with Gasteiger partial charge in [0.15, 0.2) is 0 Å². The highest BCUT2D eigenvalue weighted by Crippen LogP contribution is 2.11. The van der Waals surface area contributed by atoms with E-state index >= 15 is 0 Å². The van der Waals surface area contributed by atoms with E-state index in [1.165, 1.54) is 0 Å². The van der Waals surface area contributed by atoms with Gasteiger partial charge in [-0.15, -0.1) is 0 Å². The Kier molecular flexibility index (Phi) is 5.14. The summed E-state index contributed by atoms with van der Waals surface area (Å²) in [6.45, 7) is 6.85. The number of hydrogen-bond acceptors (Lipinski definition) is 4. The van der Waals surface area contributed by atoms with Crippen molar-refractivity contribution in [2.24, 2.45) is 0 Å². The molecule has 0 saturated heterocycles. The Morgan fingerprint density at radius 1 is 1.33 bits per heavy atom. The topological polar surface area (TPSA) is 65.3 Å². The lowest BCUT2D eigenvalue weighted by Gasteiger charge is -2.22. The van der Waals surface area contributed by atoms with Crippen LogP contribution in [0.15, 0.2) is 24.3 Å². The summed E-state index contributed by atoms with van der Waals surface area (Å²) in [5.74, 6) is 0.656. The van der Waals surface area contributed by atoms with Crippen molar-refractivity contribution in [1.82, 2.24) is 5.32 Å². The number of aliphatic hydroxyl groups excluding tert-OH is 1. The zero-order chi connectivity index (χ0) is 13.6. The fourth-order valence-corrected chi connectivity index (χ4v) is 1.30. The maximum absolute atomic E-state index is 9.73. The summed E-state index contributed by atoms with van der Waals surface area (Å²) in [4.78, 5) is 0. The molecule has 98 valence electrons. The average molecular weight is 248 g/mol. The van der Waals surface area contributed by atoms with E-state index in [2.05, 4.69) is 5.32 Å². The molecule has 1 aromatic rings. The highest BCUT2D eigenvalue weighted by molar-refractivity contribution is 5.34. The Morgan fingerprint density at radius 3 is 2.44 bits per heavy atom. The molecule has 1 rings (SSSR count). The van der Waals surface area contributed by atoms with Gasteiger partial charge in [0.1, 0.15) is 18.5 Å². The number of nitrogens with one attached hydrogen (secondary N) is 1. The number of nitriles is 1. The molecule has 0 saturated carbocycles. The van der Waals surface area contributed by atoms with Crippen LogP contribution in [0.25, 0.3) is 0 Å². The highest BCUT2D eigenvalue weighted by Gasteiger charge is 2.12. The second kappa shape index (κ2) is 6.39. The minimum Gasteiger partial charge on any atom is -0.491 e. The molecule has 2 N–H and O–H groups in total. The van der Waals surface area contributed by atoms with Gasteiger partial charge in [0.05, 0.1) is 11.6 Å². The predicted molar refractivity (Wildman–Crippen MR) is 70.4 cm³/mol. The number of β-amino-alcohol motifs (C(OH)–C–C–N with tert-alkyl or cyclic N) is 1. The Balaban J connectivity index is 2.33. The van der Waals surface area contributed by atoms with Crippen LogP contribution in [-0.2, 0) is 0 Å². The van der Waals surface area contributed by atoms with Crippen LogP contribution in [0, 0.1) is 11.3 Å². The minimum absolute atomic E-state index is 0.0184. The van der Waals surface area contributed by atoms with Crippen molar-refractivity contribution in [2.75, 3.05) is 13.2 Å². The van der Waals surface area contributed by atoms with E-state index in [9.17, 15) is 5.11 Å². The van der Waals surface area contributed by atoms with Gasteiger partial charge in [-0.2, -0.15) is 5.26 Å². The SMILES string of the molecule is CC(C)(C)NCC(O)COc1ccc(C#N)cc1. The zero-order valence-electron chi connectivity index (χ0n) is 11.1. The van der Waals surface area contributed by atoms with E-state index in [0.717, 1.165) is 0 Å². The van der Waals surface area contributed by atoms with Gasteiger partial charge in [0, 0.05) is 12.1 Å². The lowest BCUT2D eigenvalue weighted by Crippen LogP contribution is -2.42. The number of aliphatic hydroxyl groups is 1. The average Bonchev–Trinajstić information content (AvgIpc) is 2.33. The molecule has 0 aliphatic rings. The van der Waals surface area contributed by atoms with Crippen molar-refractivity contribution in [3.8, 4) is 11.8 Å². The maximum atomic E-state index is 9.73. The molecule has 0 amide bonds. The summed E-state index contributed by atoms with van der Waals surface area (Å²) in [5.41, 5.74) is 0.576. The smallest absolute Gasteiger partial charge is 0.119 e. The second-order valence-electron chi connectivity index (χ2n) is 5.23. The maximum Gasteiger partial charge on any atom is 0.119 e. The van der Waals surface area contributed by atoms with Crippen molar-refractivity contribution < 1.29 is 9.84 Å². The predicted octanol–water partition coefficient (Wildman–Crippen LogP) is 1.69. The number of benzene rings is 1. The third-order valence-electron chi connectivity index (χ3n) is 2.29. The summed E-state index contributed by atoms with van der Waals surface area (Å²) in [5, 5.41) is 21.6. The van der Waals surface area contributed by atoms with Crippen LogP contribution in [0.2, 0.25) is 0 Å². The first-order valence-electron chi connectivity index (χ1n) is 5.97. The van der Waals surface area contributed by atoms with Gasteiger partial charge in [0.25, 0.3) is 0 Å². The van der Waals surface area contributed by atoms with Gasteiger partial charge in [-0.1, -0.05) is 0 Å². The minimum atomic E-state index is -0.556. The fraction of sp³-hybridized carbons (Fsp3) is 0.500. The second-order valence-corrected chi connectivity index (χ2v) is 5.23. The van der Waals surface area contributed by atoms with E-state index in [4.69, 9.17) is 10.00 Å². The van der Waals surface area contributed by atoms with Gasteiger partial charge in [-0.3, -0.25) is 0 Å². The molecule has 0 aliphatic heterocycles. The summed E-state index contributed by atoms with van der Waals surface area (Å²) < 4.78 is 5.43. The first-order chi connectivity index (χ1) is 8.40. The fourth-order valence-electron chi connectivity index (χ4n) is 1.30. The molecule has 0 heterocycles. The van der Waals surface area contributed by atoms with Gasteiger partial charge < -0.3 is 15.2 Å². The molecule has 0 spiro atoms. The number of hydrogen-bond donors (Lipinski definition) is 2. The first-order valence-corrected chi connectivity index (χ1v) is 5.97. The van der Waals surface area contributed by atoms with Crippen LogP contribution in [0.4, 0.5) is 0 Å². The van der Waals surface area contributed by atoms with Crippen LogP contribution >= 0.6 is 0 Å². The molecule has 0 fully saturated rings. The normalized spacial score (nSPS) is 12.8. The van der Waals surface area contributed by atoms with E-state index in [1.54, 1.807) is 24.3 Å². The molecule has 0 radical (unpaired) electrons. The Hall–Kier alpha value is -1.57. The molecule has 4 heteroatoms. The first kappa shape index (κ1) is 14.5. The summed E-state index contributed by atoms with van der Waals surface area (Å²) in [6, 6.07) is 8.87. The summed E-state index contributed by atoms with van der Waals surface area (Å²) in [6.07, 6.45) is -0.556. The van der Waals surface area contributed by atoms with E-state index in [1.807, 2.05) is 26.8 Å². The lowest BCUT2D eigenvalue weighted by atomic mass is 10.1. The van der Waals surface area contributed by atoms with E-state index < -0.39 is 6.10 Å². The lowest BCUT2D eigenvalue weighted by molar-refractivity contribution is 0.100. The monoisotopic (exact) mass is 248 g/mol. The Labute approximate surface area is 108 Å². The van der Waals surface area contributed by atoms with Crippen molar-refractivity contribution in [3.63, 3.8) is 0 Å². The zero-order valence-corrected chi connectivity index (χ0v) is 11.1. The third kappa shape index (κ3) is 5.67. The van der Waals surface area contributed by atoms with Crippen molar-refractivity contribution >= 4 is 0 Å². The van der Waals surface area contributed by atoms with Crippen molar-refractivity contribution in [3.05, 3.63) is 29.8 Å². The largest absolute Gasteiger partial charge is 0.491 e. The van der Waals surface area contributed by atoms with Crippen LogP contribution in [0.3, 0.4) is 0 Å². The molecule has 4 nitrogen and oxygen atoms in total. The molecule has 0 bridgehead atoms. The van der Waals surface area contributed by atoms with Crippen LogP contribution in [0.5, 0.6) is 5.75 Å². The molecule has 18 heavy (non-hydrogen) atoms. The summed E-state index contributed by atoms with van der Waals surface area (Å²) >= 11 is 0. The molecule has 0 aromatic heterocycles. The van der Waals surface area contributed by atoms with E-state index in [-0.39, 0.29) is 12.1 Å². The van der Waals surface area contributed by atoms with Crippen LogP contribution in [-0.4, -0.2) is 29.9 Å². The van der Waals surface area contributed by atoms with E-state index in [0.29, 0.717) is 17.9 Å². The number of rotatable bonds is 5. The van der Waals surface area contributed by atoms with Crippen LogP contribution in [0.1, 0.15) is 26.3 Å². The highest BCUT2D eigenvalue weighted by atomic mass is 16.5. The van der Waals surface area contributed by atoms with Crippen molar-refractivity contribution in [2.45, 2.75) is 32.4 Å². The van der Waals surface area contributed by atoms with Gasteiger partial charge in [-0.05, 0) is 45.0 Å². The van der Waals surface area contributed by atoms with Crippen LogP contribution < -0.4 is 10.1 Å². The van der Waals surface area contributed by atoms with Gasteiger partial charge in [-0.25, -0.2) is 0 Å². The quantitative estimate of drug-likeness (QED) is 0.832. The molecular weight excluding hydrogens is 228 g/mol. The number of nitrogens with zero attached hydrogens (tertiary/aromatic N) is 1. The Bertz CT molecular complexity index is 401. The Morgan fingerprint density at radius 2 is 1.94 bits per heavy atom. The molecular formula is C14H20N2O2. The molecule has 1 unspecified atom stereocenters. The molecule has 1 aromatic carbocycles. The van der Waals surface area contributed by atoms with Gasteiger partial charge in [0.2, 0.25) is 0 Å². The molecule has 1 atom stereocenters. The van der Waals surface area contributed by atoms with Crippen molar-refractivity contribution in [1.29, 1.82) is 5.26 Å². The standard InChI is InChI=1S/C14H20N2O2/c1-14(2,3)16-9-12(17)10-18-13-6-4-11(8-15)5-7-13/h4-7,12,16-17H,9-10H2,1-3H3. The number of ether oxygens (including phenoxy) is 1. The third-order valence-corrected chi connectivity index (χ3v) is 2.29. The summed E-state index contributed by atoms with van der Waals surface area (Å²) in [7, 11) is 0. The van der Waals surface area contributed by atoms with Gasteiger partial charge >= 0.3 is 0 Å².